The minimum atomic E-state index is -0.989. The van der Waals surface area contributed by atoms with Crippen LogP contribution in [0.2, 0.25) is 0 Å². The number of thiophene rings is 1. The molecule has 7 heteroatoms. The predicted molar refractivity (Wildman–Crippen MR) is 123 cm³/mol. The molecule has 1 fully saturated rings. The van der Waals surface area contributed by atoms with Crippen molar-refractivity contribution < 1.29 is 9.90 Å². The van der Waals surface area contributed by atoms with Crippen molar-refractivity contribution in [2.45, 2.75) is 38.8 Å². The van der Waals surface area contributed by atoms with Crippen molar-refractivity contribution in [3.05, 3.63) is 54.4 Å². The van der Waals surface area contributed by atoms with Crippen LogP contribution in [0.15, 0.2) is 48.8 Å². The van der Waals surface area contributed by atoms with Gasteiger partial charge in [-0.3, -0.25) is 4.98 Å². The summed E-state index contributed by atoms with van der Waals surface area (Å²) in [6, 6.07) is 12.0. The summed E-state index contributed by atoms with van der Waals surface area (Å²) in [6.07, 6.45) is 5.86. The zero-order chi connectivity index (χ0) is 20.9. The molecule has 4 rings (SSSR count). The Morgan fingerprint density at radius 3 is 2.73 bits per heavy atom. The van der Waals surface area contributed by atoms with Crippen molar-refractivity contribution in [3.8, 4) is 0 Å². The molecule has 0 saturated carbocycles. The number of carbonyl (C=O) groups is 1. The molecule has 2 aromatic heterocycles. The minimum Gasteiger partial charge on any atom is -0.464 e. The number of nitrogens with zero attached hydrogens (tertiary/aromatic N) is 2. The van der Waals surface area contributed by atoms with Crippen molar-refractivity contribution >= 4 is 38.2 Å². The van der Waals surface area contributed by atoms with Crippen LogP contribution in [0.4, 0.5) is 15.5 Å². The topological polar surface area (TPSA) is 77.5 Å². The number of aromatic nitrogens is 1. The first-order valence-corrected chi connectivity index (χ1v) is 11.3. The van der Waals surface area contributed by atoms with Crippen molar-refractivity contribution in [2.75, 3.05) is 18.0 Å². The van der Waals surface area contributed by atoms with Gasteiger partial charge < -0.3 is 15.7 Å². The monoisotopic (exact) mass is 424 g/mol. The highest BCUT2D eigenvalue weighted by Crippen LogP contribution is 2.41. The molecule has 1 amide bonds. The fourth-order valence-corrected chi connectivity index (χ4v) is 5.46. The molecule has 3 aromatic rings. The Balaban J connectivity index is 1.60. The van der Waals surface area contributed by atoms with E-state index in [0.29, 0.717) is 18.3 Å². The molecule has 1 aliphatic rings. The quantitative estimate of drug-likeness (QED) is 0.499. The van der Waals surface area contributed by atoms with Gasteiger partial charge in [0.1, 0.15) is 5.00 Å². The molecular weight excluding hydrogens is 396 g/mol. The van der Waals surface area contributed by atoms with E-state index in [2.05, 4.69) is 34.7 Å². The normalized spacial score (nSPS) is 15.9. The average molecular weight is 425 g/mol. The number of carboxylic acid groups (broad SMARTS) is 1. The van der Waals surface area contributed by atoms with Gasteiger partial charge in [-0.15, -0.1) is 11.3 Å². The molecule has 158 valence electrons. The maximum Gasteiger partial charge on any atom is 0.417 e. The Morgan fingerprint density at radius 1 is 1.27 bits per heavy atom. The summed E-state index contributed by atoms with van der Waals surface area (Å²) in [7, 11) is 0. The maximum atomic E-state index is 12.2. The van der Waals surface area contributed by atoms with E-state index < -0.39 is 6.09 Å². The number of fused-ring (bicyclic) bond motifs is 1. The Morgan fingerprint density at radius 2 is 2.00 bits per heavy atom. The molecule has 1 atom stereocenters. The van der Waals surface area contributed by atoms with E-state index in [1.807, 2.05) is 12.1 Å². The highest BCUT2D eigenvalue weighted by Gasteiger charge is 2.25. The van der Waals surface area contributed by atoms with E-state index in [4.69, 9.17) is 0 Å². The van der Waals surface area contributed by atoms with Crippen LogP contribution >= 0.6 is 11.3 Å². The molecule has 1 aliphatic heterocycles. The lowest BCUT2D eigenvalue weighted by molar-refractivity contribution is 0.205. The maximum absolute atomic E-state index is 12.2. The second-order valence-electron chi connectivity index (χ2n) is 7.92. The summed E-state index contributed by atoms with van der Waals surface area (Å²) in [5.41, 5.74) is 1.64. The van der Waals surface area contributed by atoms with Gasteiger partial charge in [0.2, 0.25) is 0 Å². The summed E-state index contributed by atoms with van der Waals surface area (Å²) < 4.78 is 1.09. The third-order valence-electron chi connectivity index (χ3n) is 5.77. The smallest absolute Gasteiger partial charge is 0.417 e. The lowest BCUT2D eigenvalue weighted by Crippen LogP contribution is -2.33. The highest BCUT2D eigenvalue weighted by atomic mass is 32.1. The minimum absolute atomic E-state index is 0.374. The number of piperidine rings is 1. The number of hydrogen-bond donors (Lipinski definition) is 3. The van der Waals surface area contributed by atoms with Gasteiger partial charge in [-0.25, -0.2) is 9.69 Å². The molecule has 0 spiro atoms. The Labute approximate surface area is 180 Å². The van der Waals surface area contributed by atoms with Crippen LogP contribution in [0.3, 0.4) is 0 Å². The molecule has 1 saturated heterocycles. The molecule has 1 unspecified atom stereocenters. The van der Waals surface area contributed by atoms with Gasteiger partial charge in [0.05, 0.1) is 5.69 Å². The first-order valence-electron chi connectivity index (χ1n) is 10.5. The molecule has 0 bridgehead atoms. The molecule has 6 nitrogen and oxygen atoms in total. The van der Waals surface area contributed by atoms with Crippen LogP contribution in [0, 0.1) is 5.92 Å². The van der Waals surface area contributed by atoms with Crippen LogP contribution in [0.25, 0.3) is 10.1 Å². The Bertz CT molecular complexity index is 985. The van der Waals surface area contributed by atoms with E-state index in [1.165, 1.54) is 29.1 Å². The van der Waals surface area contributed by atoms with Crippen LogP contribution < -0.4 is 15.5 Å². The lowest BCUT2D eigenvalue weighted by atomic mass is 9.91. The van der Waals surface area contributed by atoms with Crippen molar-refractivity contribution in [3.63, 3.8) is 0 Å². The van der Waals surface area contributed by atoms with Crippen molar-refractivity contribution in [1.82, 2.24) is 15.6 Å². The molecule has 1 aromatic carbocycles. The average Bonchev–Trinajstić information content (AvgIpc) is 3.11. The lowest BCUT2D eigenvalue weighted by Gasteiger charge is -2.26. The van der Waals surface area contributed by atoms with Crippen LogP contribution in [0.1, 0.15) is 31.7 Å². The van der Waals surface area contributed by atoms with E-state index >= 15 is 0 Å². The van der Waals surface area contributed by atoms with Gasteiger partial charge in [-0.05, 0) is 68.8 Å². The standard InChI is InChI=1S/C23H28N4O2S/c1-16(14-17-6-10-24-11-7-17)26-15-20-19-4-2-3-5-21(19)30-22(20)27(23(28)29)18-8-12-25-13-9-18/h2-5,8-9,12-13,16-17,24,26H,6-7,10-11,14-15H2,1H3,(H,28,29). The summed E-state index contributed by atoms with van der Waals surface area (Å²) in [5, 5.41) is 19.0. The molecule has 3 N–H and O–H groups in total. The van der Waals surface area contributed by atoms with Gasteiger partial charge in [0.15, 0.2) is 0 Å². The molecule has 0 aliphatic carbocycles. The summed E-state index contributed by atoms with van der Waals surface area (Å²) in [6.45, 7) is 5.08. The predicted octanol–water partition coefficient (Wildman–Crippen LogP) is 4.98. The largest absolute Gasteiger partial charge is 0.464 e. The van der Waals surface area contributed by atoms with Crippen molar-refractivity contribution in [1.29, 1.82) is 0 Å². The summed E-state index contributed by atoms with van der Waals surface area (Å²) >= 11 is 1.52. The number of anilines is 2. The second-order valence-corrected chi connectivity index (χ2v) is 8.95. The Hall–Kier alpha value is -2.48. The molecule has 30 heavy (non-hydrogen) atoms. The molecule has 3 heterocycles. The first kappa shape index (κ1) is 20.8. The molecule has 0 radical (unpaired) electrons. The summed E-state index contributed by atoms with van der Waals surface area (Å²) in [5.74, 6) is 0.750. The molecular formula is C23H28N4O2S. The second kappa shape index (κ2) is 9.55. The Kier molecular flexibility index (Phi) is 6.62. The zero-order valence-electron chi connectivity index (χ0n) is 17.2. The van der Waals surface area contributed by atoms with Crippen LogP contribution in [-0.2, 0) is 6.54 Å². The number of rotatable bonds is 7. The zero-order valence-corrected chi connectivity index (χ0v) is 18.0. The highest BCUT2D eigenvalue weighted by molar-refractivity contribution is 7.23. The summed E-state index contributed by atoms with van der Waals surface area (Å²) in [4.78, 5) is 17.6. The van der Waals surface area contributed by atoms with E-state index in [9.17, 15) is 9.90 Å². The van der Waals surface area contributed by atoms with Crippen molar-refractivity contribution in [2.24, 2.45) is 5.92 Å². The van der Waals surface area contributed by atoms with Gasteiger partial charge in [0, 0.05) is 35.2 Å². The number of hydrogen-bond acceptors (Lipinski definition) is 5. The third kappa shape index (κ3) is 4.64. The van der Waals surface area contributed by atoms with Gasteiger partial charge >= 0.3 is 6.09 Å². The number of amides is 1. The van der Waals surface area contributed by atoms with Crippen LogP contribution in [-0.4, -0.2) is 35.3 Å². The number of benzene rings is 1. The van der Waals surface area contributed by atoms with E-state index in [0.717, 1.165) is 46.1 Å². The third-order valence-corrected chi connectivity index (χ3v) is 6.96. The number of pyridine rings is 1. The van der Waals surface area contributed by atoms with Gasteiger partial charge in [-0.2, -0.15) is 0 Å². The number of nitrogens with one attached hydrogen (secondary N) is 2. The first-order chi connectivity index (χ1) is 14.6. The SMILES string of the molecule is CC(CC1CCNCC1)NCc1c(N(C(=O)O)c2ccncc2)sc2ccccc12. The van der Waals surface area contributed by atoms with E-state index in [1.54, 1.807) is 24.5 Å². The fourth-order valence-electron chi connectivity index (χ4n) is 4.22. The van der Waals surface area contributed by atoms with Gasteiger partial charge in [-0.1, -0.05) is 18.2 Å². The van der Waals surface area contributed by atoms with E-state index in [-0.39, 0.29) is 0 Å². The fraction of sp³-hybridized carbons (Fsp3) is 0.391. The van der Waals surface area contributed by atoms with Crippen LogP contribution in [0.5, 0.6) is 0 Å². The van der Waals surface area contributed by atoms with Gasteiger partial charge in [0.25, 0.3) is 0 Å².